The Bertz CT molecular complexity index is 660. The predicted molar refractivity (Wildman–Crippen MR) is 104 cm³/mol. The van der Waals surface area contributed by atoms with Crippen molar-refractivity contribution in [1.82, 2.24) is 10.2 Å². The summed E-state index contributed by atoms with van der Waals surface area (Å²) < 4.78 is 11.8. The summed E-state index contributed by atoms with van der Waals surface area (Å²) in [5.41, 5.74) is 0.647. The number of hydrogen-bond acceptors (Lipinski definition) is 4. The zero-order valence-corrected chi connectivity index (χ0v) is 16.4. The molecule has 2 heterocycles. The number of carbonyl (C=O) groups excluding carboxylic acids is 1. The van der Waals surface area contributed by atoms with E-state index >= 15 is 0 Å². The van der Waals surface area contributed by atoms with Crippen LogP contribution in [0.4, 0.5) is 4.79 Å². The topological polar surface area (TPSA) is 88.1 Å². The molecule has 2 saturated heterocycles. The van der Waals surface area contributed by atoms with Gasteiger partial charge in [0.25, 0.3) is 0 Å². The minimum Gasteiger partial charge on any atom is -0.481 e. The van der Waals surface area contributed by atoms with Crippen molar-refractivity contribution < 1.29 is 24.2 Å². The Morgan fingerprint density at radius 1 is 1.36 bits per heavy atom. The molecule has 2 aliphatic heterocycles. The van der Waals surface area contributed by atoms with Crippen LogP contribution in [-0.4, -0.2) is 66.1 Å². The molecule has 2 aliphatic rings. The summed E-state index contributed by atoms with van der Waals surface area (Å²) in [7, 11) is 0. The summed E-state index contributed by atoms with van der Waals surface area (Å²) in [5, 5.41) is 12.1. The van der Waals surface area contributed by atoms with E-state index in [1.807, 2.05) is 37.3 Å². The van der Waals surface area contributed by atoms with Crippen LogP contribution in [0.2, 0.25) is 0 Å². The lowest BCUT2D eigenvalue weighted by Crippen LogP contribution is -2.62. The van der Waals surface area contributed by atoms with Gasteiger partial charge in [0.15, 0.2) is 0 Å². The van der Waals surface area contributed by atoms with Crippen LogP contribution >= 0.6 is 0 Å². The molecule has 3 atom stereocenters. The van der Waals surface area contributed by atoms with E-state index in [1.54, 1.807) is 4.90 Å². The minimum atomic E-state index is -0.856. The third kappa shape index (κ3) is 5.69. The van der Waals surface area contributed by atoms with Crippen molar-refractivity contribution in [1.29, 1.82) is 0 Å². The van der Waals surface area contributed by atoms with Crippen LogP contribution in [0.3, 0.4) is 0 Å². The number of carboxylic acids is 1. The number of hydrogen-bond donors (Lipinski definition) is 2. The summed E-state index contributed by atoms with van der Waals surface area (Å²) in [5.74, 6) is -0.856. The van der Waals surface area contributed by atoms with Crippen molar-refractivity contribution in [2.75, 3.05) is 26.3 Å². The van der Waals surface area contributed by atoms with E-state index in [2.05, 4.69) is 5.32 Å². The molecule has 2 amide bonds. The molecule has 0 saturated carbocycles. The molecule has 7 nitrogen and oxygen atoms in total. The van der Waals surface area contributed by atoms with Crippen molar-refractivity contribution in [3.63, 3.8) is 0 Å². The van der Waals surface area contributed by atoms with E-state index in [4.69, 9.17) is 14.6 Å². The summed E-state index contributed by atoms with van der Waals surface area (Å²) >= 11 is 0. The summed E-state index contributed by atoms with van der Waals surface area (Å²) in [6, 6.07) is 9.42. The first-order valence-corrected chi connectivity index (χ1v) is 10.0. The molecule has 28 heavy (non-hydrogen) atoms. The van der Waals surface area contributed by atoms with Gasteiger partial charge in [-0.25, -0.2) is 4.79 Å². The average molecular weight is 390 g/mol. The Kier molecular flexibility index (Phi) is 6.91. The maximum Gasteiger partial charge on any atom is 0.317 e. The minimum absolute atomic E-state index is 0.0229. The first-order chi connectivity index (χ1) is 13.5. The number of benzene rings is 1. The number of rotatable bonds is 6. The Labute approximate surface area is 166 Å². The van der Waals surface area contributed by atoms with Gasteiger partial charge in [-0.05, 0) is 38.2 Å². The number of amides is 2. The zero-order valence-electron chi connectivity index (χ0n) is 16.4. The highest BCUT2D eigenvalue weighted by molar-refractivity contribution is 5.75. The van der Waals surface area contributed by atoms with Gasteiger partial charge in [0, 0.05) is 25.6 Å². The van der Waals surface area contributed by atoms with Gasteiger partial charge < -0.3 is 24.8 Å². The Hall–Kier alpha value is -2.12. The van der Waals surface area contributed by atoms with Crippen LogP contribution in [0.15, 0.2) is 30.3 Å². The van der Waals surface area contributed by atoms with E-state index in [-0.39, 0.29) is 24.6 Å². The van der Waals surface area contributed by atoms with E-state index in [1.165, 1.54) is 0 Å². The van der Waals surface area contributed by atoms with E-state index in [0.29, 0.717) is 32.5 Å². The highest BCUT2D eigenvalue weighted by Gasteiger charge is 2.42. The van der Waals surface area contributed by atoms with Gasteiger partial charge in [0.05, 0.1) is 19.3 Å². The molecule has 3 unspecified atom stereocenters. The van der Waals surface area contributed by atoms with Crippen molar-refractivity contribution in [3.05, 3.63) is 35.9 Å². The molecule has 1 aromatic carbocycles. The maximum atomic E-state index is 13.0. The smallest absolute Gasteiger partial charge is 0.317 e. The van der Waals surface area contributed by atoms with Gasteiger partial charge in [-0.2, -0.15) is 0 Å². The summed E-state index contributed by atoms with van der Waals surface area (Å²) in [6.45, 7) is 4.24. The number of carboxylic acid groups (broad SMARTS) is 1. The first-order valence-electron chi connectivity index (χ1n) is 10.0. The molecule has 1 spiro atoms. The van der Waals surface area contributed by atoms with Crippen LogP contribution in [0.25, 0.3) is 0 Å². The van der Waals surface area contributed by atoms with Gasteiger partial charge >= 0.3 is 12.0 Å². The van der Waals surface area contributed by atoms with Gasteiger partial charge in [-0.15, -0.1) is 0 Å². The molecule has 2 N–H and O–H groups in total. The van der Waals surface area contributed by atoms with Crippen LogP contribution in [0, 0.1) is 0 Å². The molecular formula is C21H30N2O5. The standard InChI is InChI=1S/C21H30N2O5/c1-16-13-23(14-21(28-16)10-5-11-27-15-21)20(26)22-18(8-9-19(24)25)12-17-6-3-2-4-7-17/h2-4,6-7,16,18H,5,8-15H2,1H3,(H,22,26)(H,24,25). The highest BCUT2D eigenvalue weighted by Crippen LogP contribution is 2.30. The van der Waals surface area contributed by atoms with Crippen molar-refractivity contribution in [2.24, 2.45) is 0 Å². The monoisotopic (exact) mass is 390 g/mol. The molecule has 7 heteroatoms. The fraction of sp³-hybridized carbons (Fsp3) is 0.619. The first kappa shape index (κ1) is 20.6. The molecule has 2 fully saturated rings. The molecule has 1 aromatic rings. The third-order valence-corrected chi connectivity index (χ3v) is 5.34. The van der Waals surface area contributed by atoms with Crippen molar-refractivity contribution >= 4 is 12.0 Å². The van der Waals surface area contributed by atoms with Gasteiger partial charge in [0.1, 0.15) is 5.60 Å². The summed E-state index contributed by atoms with van der Waals surface area (Å²) in [6.07, 6.45) is 2.77. The lowest BCUT2D eigenvalue weighted by atomic mass is 9.93. The molecule has 3 rings (SSSR count). The third-order valence-electron chi connectivity index (χ3n) is 5.34. The van der Waals surface area contributed by atoms with Crippen LogP contribution in [-0.2, 0) is 20.7 Å². The van der Waals surface area contributed by atoms with Gasteiger partial charge in [-0.1, -0.05) is 30.3 Å². The Morgan fingerprint density at radius 2 is 2.14 bits per heavy atom. The number of nitrogens with zero attached hydrogens (tertiary/aromatic N) is 1. The molecule has 0 aromatic heterocycles. The molecule has 154 valence electrons. The number of aliphatic carboxylic acids is 1. The second-order valence-electron chi connectivity index (χ2n) is 7.92. The fourth-order valence-electron chi connectivity index (χ4n) is 4.11. The van der Waals surface area contributed by atoms with E-state index in [9.17, 15) is 9.59 Å². The number of ether oxygens (including phenoxy) is 2. The molecule has 0 radical (unpaired) electrons. The Morgan fingerprint density at radius 3 is 2.82 bits per heavy atom. The number of morpholine rings is 1. The van der Waals surface area contributed by atoms with Crippen molar-refractivity contribution in [3.8, 4) is 0 Å². The quantitative estimate of drug-likeness (QED) is 0.779. The average Bonchev–Trinajstić information content (AvgIpc) is 2.67. The highest BCUT2D eigenvalue weighted by atomic mass is 16.6. The fourth-order valence-corrected chi connectivity index (χ4v) is 4.11. The van der Waals surface area contributed by atoms with Gasteiger partial charge in [0.2, 0.25) is 0 Å². The predicted octanol–water partition coefficient (Wildman–Crippen LogP) is 2.44. The van der Waals surface area contributed by atoms with Crippen LogP contribution in [0.5, 0.6) is 0 Å². The van der Waals surface area contributed by atoms with E-state index < -0.39 is 11.6 Å². The maximum absolute atomic E-state index is 13.0. The van der Waals surface area contributed by atoms with E-state index in [0.717, 1.165) is 25.0 Å². The zero-order chi connectivity index (χ0) is 20.0. The largest absolute Gasteiger partial charge is 0.481 e. The number of carbonyl (C=O) groups is 2. The second-order valence-corrected chi connectivity index (χ2v) is 7.92. The second kappa shape index (κ2) is 9.39. The summed E-state index contributed by atoms with van der Waals surface area (Å²) in [4.78, 5) is 25.8. The lowest BCUT2D eigenvalue weighted by Gasteiger charge is -2.47. The Balaban J connectivity index is 1.64. The van der Waals surface area contributed by atoms with Crippen LogP contribution in [0.1, 0.15) is 38.2 Å². The number of nitrogens with one attached hydrogen (secondary N) is 1. The molecular weight excluding hydrogens is 360 g/mol. The van der Waals surface area contributed by atoms with Gasteiger partial charge in [-0.3, -0.25) is 4.79 Å². The normalized spacial score (nSPS) is 26.0. The van der Waals surface area contributed by atoms with Crippen molar-refractivity contribution in [2.45, 2.75) is 56.8 Å². The molecule has 0 aliphatic carbocycles. The SMILES string of the molecule is CC1CN(C(=O)NC(CCC(=O)O)Cc2ccccc2)CC2(CCCOC2)O1. The van der Waals surface area contributed by atoms with Crippen LogP contribution < -0.4 is 5.32 Å². The number of urea groups is 1. The molecule has 0 bridgehead atoms. The lowest BCUT2D eigenvalue weighted by molar-refractivity contribution is -0.188.